The molecule has 1 fully saturated rings. The molecule has 0 aliphatic heterocycles. The number of nitrogens with zero attached hydrogens (tertiary/aromatic N) is 1. The predicted molar refractivity (Wildman–Crippen MR) is 87.1 cm³/mol. The van der Waals surface area contributed by atoms with Crippen LogP contribution in [-0.4, -0.2) is 37.6 Å². The van der Waals surface area contributed by atoms with Gasteiger partial charge in [0.1, 0.15) is 0 Å². The van der Waals surface area contributed by atoms with Gasteiger partial charge in [0.25, 0.3) is 0 Å². The Kier molecular flexibility index (Phi) is 6.06. The van der Waals surface area contributed by atoms with E-state index in [0.29, 0.717) is 5.54 Å². The fraction of sp³-hybridized carbons (Fsp3) is 0.667. The molecule has 112 valence electrons. The highest BCUT2D eigenvalue weighted by Crippen LogP contribution is 2.32. The lowest BCUT2D eigenvalue weighted by atomic mass is 9.96. The highest BCUT2D eigenvalue weighted by atomic mass is 15.2. The van der Waals surface area contributed by atoms with E-state index in [1.165, 1.54) is 50.5 Å². The van der Waals surface area contributed by atoms with Crippen molar-refractivity contribution in [3.05, 3.63) is 35.9 Å². The molecule has 0 aromatic heterocycles. The summed E-state index contributed by atoms with van der Waals surface area (Å²) in [6, 6.07) is 10.8. The molecule has 0 radical (unpaired) electrons. The van der Waals surface area contributed by atoms with Crippen LogP contribution in [0.3, 0.4) is 0 Å². The van der Waals surface area contributed by atoms with Gasteiger partial charge >= 0.3 is 0 Å². The predicted octanol–water partition coefficient (Wildman–Crippen LogP) is 3.47. The van der Waals surface area contributed by atoms with E-state index in [4.69, 9.17) is 0 Å². The van der Waals surface area contributed by atoms with Crippen molar-refractivity contribution in [3.63, 3.8) is 0 Å². The first-order valence-electron chi connectivity index (χ1n) is 8.15. The first kappa shape index (κ1) is 15.5. The maximum atomic E-state index is 3.69. The van der Waals surface area contributed by atoms with Gasteiger partial charge in [-0.3, -0.25) is 0 Å². The van der Waals surface area contributed by atoms with Crippen molar-refractivity contribution in [3.8, 4) is 0 Å². The van der Waals surface area contributed by atoms with Crippen molar-refractivity contribution in [1.82, 2.24) is 10.2 Å². The van der Waals surface area contributed by atoms with Crippen LogP contribution in [0.5, 0.6) is 0 Å². The summed E-state index contributed by atoms with van der Waals surface area (Å²) in [5.41, 5.74) is 1.90. The van der Waals surface area contributed by atoms with Crippen LogP contribution in [0.25, 0.3) is 0 Å². The van der Waals surface area contributed by atoms with Gasteiger partial charge < -0.3 is 10.2 Å². The Labute approximate surface area is 124 Å². The number of aryl methyl sites for hydroxylation is 1. The van der Waals surface area contributed by atoms with Gasteiger partial charge in [-0.25, -0.2) is 0 Å². The molecule has 2 heteroatoms. The van der Waals surface area contributed by atoms with E-state index in [0.717, 1.165) is 13.1 Å². The average molecular weight is 274 g/mol. The molecule has 2 nitrogen and oxygen atoms in total. The molecule has 20 heavy (non-hydrogen) atoms. The van der Waals surface area contributed by atoms with Crippen molar-refractivity contribution in [1.29, 1.82) is 0 Å². The molecule has 1 aromatic carbocycles. The number of benzene rings is 1. The van der Waals surface area contributed by atoms with E-state index in [9.17, 15) is 0 Å². The average Bonchev–Trinajstić information content (AvgIpc) is 2.94. The molecule has 1 aliphatic carbocycles. The van der Waals surface area contributed by atoms with Crippen molar-refractivity contribution in [2.45, 2.75) is 50.5 Å². The highest BCUT2D eigenvalue weighted by molar-refractivity contribution is 5.14. The van der Waals surface area contributed by atoms with E-state index in [-0.39, 0.29) is 0 Å². The van der Waals surface area contributed by atoms with Gasteiger partial charge in [0, 0.05) is 12.1 Å². The van der Waals surface area contributed by atoms with Crippen LogP contribution in [0.15, 0.2) is 30.3 Å². The second-order valence-electron chi connectivity index (χ2n) is 6.45. The van der Waals surface area contributed by atoms with E-state index in [1.807, 2.05) is 0 Å². The van der Waals surface area contributed by atoms with E-state index < -0.39 is 0 Å². The Morgan fingerprint density at radius 2 is 1.75 bits per heavy atom. The number of hydrogen-bond acceptors (Lipinski definition) is 2. The first-order chi connectivity index (χ1) is 9.73. The van der Waals surface area contributed by atoms with Gasteiger partial charge in [-0.05, 0) is 58.3 Å². The summed E-state index contributed by atoms with van der Waals surface area (Å²) in [4.78, 5) is 2.44. The van der Waals surface area contributed by atoms with Crippen molar-refractivity contribution < 1.29 is 0 Å². The summed E-state index contributed by atoms with van der Waals surface area (Å²) in [5, 5.41) is 3.69. The lowest BCUT2D eigenvalue weighted by Crippen LogP contribution is -2.49. The standard InChI is InChI=1S/C18H30N2/c1-20(2)18(13-7-8-14-18)16-19-15-9-6-12-17-10-4-3-5-11-17/h3-5,10-11,19H,6-9,12-16H2,1-2H3. The third-order valence-corrected chi connectivity index (χ3v) is 4.85. The molecule has 2 rings (SSSR count). The lowest BCUT2D eigenvalue weighted by Gasteiger charge is -2.36. The number of nitrogens with one attached hydrogen (secondary N) is 1. The molecule has 0 saturated heterocycles. The fourth-order valence-corrected chi connectivity index (χ4v) is 3.36. The van der Waals surface area contributed by atoms with Gasteiger partial charge in [0.2, 0.25) is 0 Å². The third-order valence-electron chi connectivity index (χ3n) is 4.85. The summed E-state index contributed by atoms with van der Waals surface area (Å²) < 4.78 is 0. The van der Waals surface area contributed by atoms with Gasteiger partial charge in [0.15, 0.2) is 0 Å². The maximum Gasteiger partial charge on any atom is 0.0327 e. The summed E-state index contributed by atoms with van der Waals surface area (Å²) in [6.07, 6.45) is 9.28. The quantitative estimate of drug-likeness (QED) is 0.730. The molecule has 0 unspecified atom stereocenters. The fourth-order valence-electron chi connectivity index (χ4n) is 3.36. The van der Waals surface area contributed by atoms with Crippen LogP contribution in [-0.2, 0) is 6.42 Å². The second kappa shape index (κ2) is 7.80. The van der Waals surface area contributed by atoms with Gasteiger partial charge in [-0.15, -0.1) is 0 Å². The zero-order chi connectivity index (χ0) is 14.3. The minimum absolute atomic E-state index is 0.430. The van der Waals surface area contributed by atoms with Crippen LogP contribution < -0.4 is 5.32 Å². The van der Waals surface area contributed by atoms with Crippen molar-refractivity contribution >= 4 is 0 Å². The number of hydrogen-bond donors (Lipinski definition) is 1. The molecule has 0 atom stereocenters. The molecule has 1 aliphatic rings. The van der Waals surface area contributed by atoms with Crippen molar-refractivity contribution in [2.75, 3.05) is 27.2 Å². The first-order valence-corrected chi connectivity index (χ1v) is 8.15. The second-order valence-corrected chi connectivity index (χ2v) is 6.45. The molecule has 1 saturated carbocycles. The summed E-state index contributed by atoms with van der Waals surface area (Å²) in [7, 11) is 4.48. The largest absolute Gasteiger partial charge is 0.315 e. The molecule has 1 aromatic rings. The van der Waals surface area contributed by atoms with Gasteiger partial charge in [0.05, 0.1) is 0 Å². The smallest absolute Gasteiger partial charge is 0.0327 e. The molecule has 0 spiro atoms. The van der Waals surface area contributed by atoms with Gasteiger partial charge in [-0.1, -0.05) is 43.2 Å². The molecular weight excluding hydrogens is 244 g/mol. The molecule has 0 bridgehead atoms. The molecular formula is C18H30N2. The van der Waals surface area contributed by atoms with Gasteiger partial charge in [-0.2, -0.15) is 0 Å². The van der Waals surface area contributed by atoms with Crippen LogP contribution in [0.1, 0.15) is 44.1 Å². The minimum atomic E-state index is 0.430. The van der Waals surface area contributed by atoms with E-state index in [2.05, 4.69) is 54.6 Å². The third kappa shape index (κ3) is 4.32. The Balaban J connectivity index is 1.59. The SMILES string of the molecule is CN(C)C1(CNCCCCc2ccccc2)CCCC1. The topological polar surface area (TPSA) is 15.3 Å². The van der Waals surface area contributed by atoms with Crippen molar-refractivity contribution in [2.24, 2.45) is 0 Å². The summed E-state index contributed by atoms with van der Waals surface area (Å²) in [5.74, 6) is 0. The van der Waals surface area contributed by atoms with E-state index in [1.54, 1.807) is 0 Å². The highest BCUT2D eigenvalue weighted by Gasteiger charge is 2.35. The van der Waals surface area contributed by atoms with Crippen LogP contribution in [0.2, 0.25) is 0 Å². The zero-order valence-corrected chi connectivity index (χ0v) is 13.2. The van der Waals surface area contributed by atoms with Crippen LogP contribution in [0.4, 0.5) is 0 Å². The van der Waals surface area contributed by atoms with Crippen LogP contribution in [0, 0.1) is 0 Å². The zero-order valence-electron chi connectivity index (χ0n) is 13.2. The normalized spacial score (nSPS) is 17.8. The molecule has 1 N–H and O–H groups in total. The summed E-state index contributed by atoms with van der Waals surface area (Å²) >= 11 is 0. The molecule has 0 heterocycles. The molecule has 0 amide bonds. The number of likely N-dealkylation sites (N-methyl/N-ethyl adjacent to an activating group) is 1. The minimum Gasteiger partial charge on any atom is -0.315 e. The van der Waals surface area contributed by atoms with Crippen LogP contribution >= 0.6 is 0 Å². The summed E-state index contributed by atoms with van der Waals surface area (Å²) in [6.45, 7) is 2.31. The Morgan fingerprint density at radius 1 is 1.05 bits per heavy atom. The van der Waals surface area contributed by atoms with E-state index >= 15 is 0 Å². The maximum absolute atomic E-state index is 3.69. The monoisotopic (exact) mass is 274 g/mol. The Morgan fingerprint density at radius 3 is 2.40 bits per heavy atom. The Bertz CT molecular complexity index is 366. The Hall–Kier alpha value is -0.860. The number of unbranched alkanes of at least 4 members (excludes halogenated alkanes) is 1. The lowest BCUT2D eigenvalue weighted by molar-refractivity contribution is 0.154. The number of rotatable bonds is 8.